The molecule has 2 aliphatic carbocycles. The van der Waals surface area contributed by atoms with Gasteiger partial charge in [0.1, 0.15) is 0 Å². The van der Waals surface area contributed by atoms with Crippen LogP contribution in [0.4, 0.5) is 0 Å². The first-order chi connectivity index (χ1) is 19.0. The average Bonchev–Trinajstić information content (AvgIpc) is 3.53. The van der Waals surface area contributed by atoms with Crippen LogP contribution in [0.3, 0.4) is 0 Å². The van der Waals surface area contributed by atoms with Gasteiger partial charge < -0.3 is 0 Å². The zero-order valence-electron chi connectivity index (χ0n) is 23.5. The van der Waals surface area contributed by atoms with Crippen LogP contribution in [0.25, 0.3) is 12.2 Å². The van der Waals surface area contributed by atoms with Gasteiger partial charge in [-0.1, -0.05) is 60.7 Å². The summed E-state index contributed by atoms with van der Waals surface area (Å²) in [6, 6.07) is 39.5. The van der Waals surface area contributed by atoms with Crippen LogP contribution in [0.15, 0.2) is 120 Å². The second kappa shape index (κ2) is 13.6. The number of rotatable bonds is 7. The second-order valence-corrected chi connectivity index (χ2v) is 19.0. The van der Waals surface area contributed by atoms with E-state index in [1.54, 1.807) is 21.8 Å². The van der Waals surface area contributed by atoms with Gasteiger partial charge in [0.05, 0.1) is 0 Å². The van der Waals surface area contributed by atoms with E-state index in [1.165, 1.54) is 22.3 Å². The molecular formula is C36H38P2Zr. The molecule has 196 valence electrons. The van der Waals surface area contributed by atoms with Crippen molar-refractivity contribution in [3.63, 3.8) is 0 Å². The first kappa shape index (κ1) is 28.6. The van der Waals surface area contributed by atoms with Crippen molar-refractivity contribution in [2.24, 2.45) is 0 Å². The molecule has 0 fully saturated rings. The molecule has 4 aromatic rings. The Labute approximate surface area is 249 Å². The summed E-state index contributed by atoms with van der Waals surface area (Å²) in [5.41, 5.74) is 9.06. The predicted molar refractivity (Wildman–Crippen MR) is 172 cm³/mol. The van der Waals surface area contributed by atoms with Crippen molar-refractivity contribution in [2.75, 3.05) is 26.7 Å². The van der Waals surface area contributed by atoms with Gasteiger partial charge in [0.2, 0.25) is 0 Å². The molecule has 0 aliphatic heterocycles. The maximum absolute atomic E-state index is 2.53. The molecule has 0 nitrogen and oxygen atoms in total. The first-order valence-electron chi connectivity index (χ1n) is 13.8. The zero-order valence-corrected chi connectivity index (χ0v) is 27.8. The van der Waals surface area contributed by atoms with E-state index in [4.69, 9.17) is 0 Å². The van der Waals surface area contributed by atoms with Crippen LogP contribution in [0.2, 0.25) is 0 Å². The summed E-state index contributed by atoms with van der Waals surface area (Å²) in [7, 11) is -0.0298. The van der Waals surface area contributed by atoms with E-state index in [2.05, 4.69) is 148 Å². The van der Waals surface area contributed by atoms with E-state index in [0.717, 1.165) is 20.1 Å². The minimum absolute atomic E-state index is 0.0149. The van der Waals surface area contributed by atoms with Crippen LogP contribution in [0.1, 0.15) is 40.6 Å². The van der Waals surface area contributed by atoms with Gasteiger partial charge in [-0.2, -0.15) is 0 Å². The Morgan fingerprint density at radius 3 is 1.23 bits per heavy atom. The smallest absolute Gasteiger partial charge is 0.0238 e. The minimum atomic E-state index is -0.689. The molecule has 0 N–H and O–H groups in total. The third-order valence-electron chi connectivity index (χ3n) is 7.57. The fraction of sp³-hybridized carbons (Fsp3) is 0.222. The van der Waals surface area contributed by atoms with Crippen LogP contribution < -0.4 is 0 Å². The summed E-state index contributed by atoms with van der Waals surface area (Å²) in [6.07, 6.45) is 7.31. The molecule has 0 amide bonds. The van der Waals surface area contributed by atoms with E-state index < -0.39 is 23.2 Å². The molecule has 6 rings (SSSR count). The molecule has 0 heterocycles. The Hall–Kier alpha value is -1.90. The van der Waals surface area contributed by atoms with Gasteiger partial charge in [-0.05, 0) is 24.0 Å². The minimum Gasteiger partial charge on any atom is -0.0622 e. The zero-order chi connectivity index (χ0) is 27.2. The Morgan fingerprint density at radius 1 is 0.487 bits per heavy atom. The molecular weight excluding hydrogens is 586 g/mol. The fourth-order valence-corrected chi connectivity index (χ4v) is 16.5. The number of hydrogen-bond donors (Lipinski definition) is 0. The van der Waals surface area contributed by atoms with Crippen molar-refractivity contribution in [1.29, 1.82) is 0 Å². The van der Waals surface area contributed by atoms with E-state index in [1.807, 2.05) is 0 Å². The monoisotopic (exact) mass is 622 g/mol. The van der Waals surface area contributed by atoms with Crippen LogP contribution in [-0.4, -0.2) is 26.7 Å². The molecule has 3 heteroatoms. The van der Waals surface area contributed by atoms with Crippen LogP contribution >= 0.6 is 15.8 Å². The van der Waals surface area contributed by atoms with Gasteiger partial charge in [-0.25, -0.2) is 0 Å². The molecule has 0 aromatic heterocycles. The number of aryl methyl sites for hydroxylation is 2. The third-order valence-corrected chi connectivity index (χ3v) is 16.3. The van der Waals surface area contributed by atoms with E-state index in [0.29, 0.717) is 0 Å². The third kappa shape index (κ3) is 7.06. The van der Waals surface area contributed by atoms with Crippen molar-refractivity contribution in [3.05, 3.63) is 153 Å². The maximum Gasteiger partial charge on any atom is -0.0238 e. The largest absolute Gasteiger partial charge is 0.0622 e. The van der Waals surface area contributed by atoms with E-state index in [9.17, 15) is 0 Å². The summed E-state index contributed by atoms with van der Waals surface area (Å²) in [5, 5.41) is 3.51. The summed E-state index contributed by atoms with van der Waals surface area (Å²) < 4.78 is 1.52. The van der Waals surface area contributed by atoms with Gasteiger partial charge >= 0.3 is 167 Å². The first-order valence-corrected chi connectivity index (χ1v) is 21.1. The van der Waals surface area contributed by atoms with Gasteiger partial charge in [0.15, 0.2) is 0 Å². The summed E-state index contributed by atoms with van der Waals surface area (Å²) in [4.78, 5) is 0. The van der Waals surface area contributed by atoms with Gasteiger partial charge in [0, 0.05) is 0 Å². The average molecular weight is 624 g/mol. The summed E-state index contributed by atoms with van der Waals surface area (Å²) in [6.45, 7) is 9.74. The van der Waals surface area contributed by atoms with Gasteiger partial charge in [0.25, 0.3) is 0 Å². The van der Waals surface area contributed by atoms with Crippen molar-refractivity contribution < 1.29 is 23.2 Å². The molecule has 2 atom stereocenters. The molecule has 39 heavy (non-hydrogen) atoms. The predicted octanol–water partition coefficient (Wildman–Crippen LogP) is 10.2. The second-order valence-electron chi connectivity index (χ2n) is 10.7. The fourth-order valence-electron chi connectivity index (χ4n) is 5.48. The van der Waals surface area contributed by atoms with Crippen LogP contribution in [-0.2, 0) is 36.1 Å². The summed E-state index contributed by atoms with van der Waals surface area (Å²) in [5.74, 6) is 0. The molecule has 0 saturated carbocycles. The molecule has 4 aromatic carbocycles. The van der Waals surface area contributed by atoms with Crippen molar-refractivity contribution in [1.82, 2.24) is 0 Å². The van der Waals surface area contributed by atoms with Crippen molar-refractivity contribution in [3.8, 4) is 0 Å². The van der Waals surface area contributed by atoms with Gasteiger partial charge in [-0.3, -0.25) is 0 Å². The molecule has 0 bridgehead atoms. The quantitative estimate of drug-likeness (QED) is 0.180. The van der Waals surface area contributed by atoms with Gasteiger partial charge in [-0.15, -0.1) is 0 Å². The molecule has 0 radical (unpaired) electrons. The van der Waals surface area contributed by atoms with Crippen LogP contribution in [0, 0.1) is 0 Å². The Morgan fingerprint density at radius 2 is 0.846 bits per heavy atom. The van der Waals surface area contributed by atoms with Crippen LogP contribution in [0.5, 0.6) is 0 Å². The molecule has 2 unspecified atom stereocenters. The van der Waals surface area contributed by atoms with Crippen molar-refractivity contribution in [2.45, 2.75) is 20.1 Å². The number of hydrogen-bond acceptors (Lipinski definition) is 0. The standard InChI is InChI=1S/C14H14.2C11H12P.Zr/c1-3-7-13(8-4-1)11-12-14-9-5-2-6-10-14;2*1-12(2)11-7-9-5-3-4-6-10(9)8-11;/h1-10H,11-12H2;2*3-8H,1-2H3;. The summed E-state index contributed by atoms with van der Waals surface area (Å²) >= 11 is -0.689. The number of allylic oxidation sites excluding steroid dienone is 2. The topological polar surface area (TPSA) is 0 Å². The molecule has 0 spiro atoms. The number of fused-ring (bicyclic) bond motifs is 2. The van der Waals surface area contributed by atoms with E-state index in [-0.39, 0.29) is 15.8 Å². The Kier molecular flexibility index (Phi) is 10.0. The Bertz CT molecular complexity index is 1330. The molecule has 2 aliphatic rings. The Balaban J connectivity index is 0.000000186. The number of benzene rings is 4. The normalized spacial score (nSPS) is 17.2. The molecule has 0 saturated heterocycles. The van der Waals surface area contributed by atoms with E-state index >= 15 is 0 Å². The van der Waals surface area contributed by atoms with Crippen molar-refractivity contribution >= 4 is 28.0 Å². The maximum atomic E-state index is 2.53. The SMILES string of the molecule is CP(C)C1=Cc2ccccc2[CH]1[Zr][CH]1C(P(C)C)=Cc2ccccc21.c1ccc(CCc2ccccc2)cc1.